The second-order valence-electron chi connectivity index (χ2n) is 11.7. The Balaban J connectivity index is 1.49. The van der Waals surface area contributed by atoms with Gasteiger partial charge in [0.05, 0.1) is 11.4 Å². The summed E-state index contributed by atoms with van der Waals surface area (Å²) in [6.07, 6.45) is 0. The van der Waals surface area contributed by atoms with Gasteiger partial charge in [0.2, 0.25) is 5.88 Å². The molecule has 1 aliphatic heterocycles. The Hall–Kier alpha value is -4.93. The number of hydrogen-bond acceptors (Lipinski definition) is 6. The van der Waals surface area contributed by atoms with E-state index in [2.05, 4.69) is 31.4 Å². The van der Waals surface area contributed by atoms with E-state index < -0.39 is 27.8 Å². The fraction of sp³-hybridized carbons (Fsp3) is 0.200. The van der Waals surface area contributed by atoms with Crippen LogP contribution in [-0.4, -0.2) is 37.1 Å². The summed E-state index contributed by atoms with van der Waals surface area (Å²) < 4.78 is 37.1. The van der Waals surface area contributed by atoms with E-state index in [-0.39, 0.29) is 17.9 Å². The van der Waals surface area contributed by atoms with Gasteiger partial charge in [-0.25, -0.2) is 4.90 Å². The Bertz CT molecular complexity index is 1840. The molecule has 9 nitrogen and oxygen atoms in total. The number of nitrogens with zero attached hydrogens (tertiary/aromatic N) is 1. The third kappa shape index (κ3) is 7.78. The van der Waals surface area contributed by atoms with Gasteiger partial charge < -0.3 is 15.1 Å². The summed E-state index contributed by atoms with van der Waals surface area (Å²) in [4.78, 5) is 28.7. The Morgan fingerprint density at radius 2 is 1.53 bits per heavy atom. The number of amides is 2. The first kappa shape index (κ1) is 31.5. The van der Waals surface area contributed by atoms with Crippen molar-refractivity contribution in [3.05, 3.63) is 126 Å². The summed E-state index contributed by atoms with van der Waals surface area (Å²) in [5.74, 6) is -0.341. The molecule has 5 rings (SSSR count). The number of fused-ring (bicyclic) bond motifs is 1. The highest BCUT2D eigenvalue weighted by molar-refractivity contribution is 7.85. The molecule has 0 saturated heterocycles. The fourth-order valence-electron chi connectivity index (χ4n) is 4.89. The van der Waals surface area contributed by atoms with Crippen LogP contribution >= 0.6 is 0 Å². The zero-order valence-corrected chi connectivity index (χ0v) is 26.0. The Morgan fingerprint density at radius 1 is 0.844 bits per heavy atom. The summed E-state index contributed by atoms with van der Waals surface area (Å²) in [6, 6.07) is 32.2. The maximum Gasteiger partial charge on any atom is 0.266 e. The highest BCUT2D eigenvalue weighted by Gasteiger charge is 2.31. The molecule has 2 amide bonds. The molecule has 3 aromatic rings. The second kappa shape index (κ2) is 13.0. The lowest BCUT2D eigenvalue weighted by Gasteiger charge is -2.29. The molecule has 0 saturated carbocycles. The monoisotopic (exact) mass is 625 g/mol. The van der Waals surface area contributed by atoms with Crippen molar-refractivity contribution in [2.45, 2.75) is 32.2 Å². The van der Waals surface area contributed by atoms with Crippen molar-refractivity contribution in [1.82, 2.24) is 5.32 Å². The van der Waals surface area contributed by atoms with Crippen LogP contribution in [0.5, 0.6) is 0 Å². The molecule has 0 fully saturated rings. The van der Waals surface area contributed by atoms with Gasteiger partial charge in [-0.2, -0.15) is 8.42 Å². The van der Waals surface area contributed by atoms with Gasteiger partial charge in [0.1, 0.15) is 11.8 Å². The predicted octanol–water partition coefficient (Wildman–Crippen LogP) is 6.82. The maximum atomic E-state index is 14.6. The number of nitrogens with one attached hydrogen (secondary N) is 2. The van der Waals surface area contributed by atoms with Crippen molar-refractivity contribution in [3.8, 4) is 11.3 Å². The minimum atomic E-state index is -4.19. The summed E-state index contributed by atoms with van der Waals surface area (Å²) in [7, 11) is -4.19. The van der Waals surface area contributed by atoms with Crippen LogP contribution in [0.15, 0.2) is 114 Å². The average molecular weight is 626 g/mol. The van der Waals surface area contributed by atoms with Crippen LogP contribution in [0.3, 0.4) is 0 Å². The molecule has 3 N–H and O–H groups in total. The van der Waals surface area contributed by atoms with Gasteiger partial charge in [-0.1, -0.05) is 75.4 Å². The highest BCUT2D eigenvalue weighted by Crippen LogP contribution is 2.35. The first-order chi connectivity index (χ1) is 21.4. The predicted molar refractivity (Wildman–Crippen MR) is 176 cm³/mol. The molecule has 0 radical (unpaired) electrons. The van der Waals surface area contributed by atoms with Gasteiger partial charge >= 0.3 is 0 Å². The molecule has 0 bridgehead atoms. The zero-order valence-electron chi connectivity index (χ0n) is 25.2. The van der Waals surface area contributed by atoms with E-state index in [9.17, 15) is 18.0 Å². The van der Waals surface area contributed by atoms with Crippen molar-refractivity contribution in [2.24, 2.45) is 0 Å². The first-order valence-electron chi connectivity index (χ1n) is 14.5. The Kier molecular flexibility index (Phi) is 9.08. The van der Waals surface area contributed by atoms with Gasteiger partial charge in [-0.05, 0) is 65.1 Å². The highest BCUT2D eigenvalue weighted by atomic mass is 32.2. The third-order valence-corrected chi connectivity index (χ3v) is 8.06. The summed E-state index contributed by atoms with van der Waals surface area (Å²) in [5, 5.41) is 5.83. The van der Waals surface area contributed by atoms with Gasteiger partial charge in [0.15, 0.2) is 0 Å². The number of hydrogen-bond donors (Lipinski definition) is 3. The van der Waals surface area contributed by atoms with E-state index in [1.807, 2.05) is 78.9 Å². The molecule has 1 unspecified atom stereocenters. The summed E-state index contributed by atoms with van der Waals surface area (Å²) >= 11 is 0. The number of benzene rings is 3. The van der Waals surface area contributed by atoms with E-state index >= 15 is 0 Å². The average Bonchev–Trinajstić information content (AvgIpc) is 3.48. The first-order valence-corrected chi connectivity index (χ1v) is 16.1. The van der Waals surface area contributed by atoms with Crippen LogP contribution in [0.2, 0.25) is 0 Å². The lowest BCUT2D eigenvalue weighted by atomic mass is 9.86. The SMILES string of the molecule is CC(C)(C)c1ccc(C(Nc2ccc(C(=O)NCCS(=O)(=O)O)cc2)C(=O)N(c2ccccc2)c2ccc3cccc-3o2)cc1. The van der Waals surface area contributed by atoms with Crippen LogP contribution in [0, 0.1) is 0 Å². The van der Waals surface area contributed by atoms with Crippen molar-refractivity contribution in [2.75, 3.05) is 22.5 Å². The minimum absolute atomic E-state index is 0.0763. The van der Waals surface area contributed by atoms with Crippen molar-refractivity contribution in [1.29, 1.82) is 0 Å². The molecule has 2 aliphatic rings. The Morgan fingerprint density at radius 3 is 2.18 bits per heavy atom. The van der Waals surface area contributed by atoms with E-state index in [4.69, 9.17) is 8.97 Å². The molecule has 232 valence electrons. The summed E-state index contributed by atoms with van der Waals surface area (Å²) in [5.41, 5.74) is 4.21. The fourth-order valence-corrected chi connectivity index (χ4v) is 5.25. The number of rotatable bonds is 10. The van der Waals surface area contributed by atoms with E-state index in [0.717, 1.165) is 16.7 Å². The number of anilines is 3. The second-order valence-corrected chi connectivity index (χ2v) is 13.3. The smallest absolute Gasteiger partial charge is 0.266 e. The van der Waals surface area contributed by atoms with Gasteiger partial charge in [0, 0.05) is 29.4 Å². The topological polar surface area (TPSA) is 129 Å². The number of para-hydroxylation sites is 1. The van der Waals surface area contributed by atoms with E-state index in [1.54, 1.807) is 35.2 Å². The maximum absolute atomic E-state index is 14.6. The lowest BCUT2D eigenvalue weighted by molar-refractivity contribution is -0.118. The molecule has 10 heteroatoms. The van der Waals surface area contributed by atoms with Gasteiger partial charge in [-0.3, -0.25) is 14.1 Å². The zero-order chi connectivity index (χ0) is 32.2. The number of carbonyl (C=O) groups is 2. The summed E-state index contributed by atoms with van der Waals surface area (Å²) in [6.45, 7) is 6.15. The number of carbonyl (C=O) groups excluding carboxylic acids is 2. The van der Waals surface area contributed by atoms with Crippen molar-refractivity contribution in [3.63, 3.8) is 0 Å². The minimum Gasteiger partial charge on any atom is -0.440 e. The Labute approximate surface area is 263 Å². The van der Waals surface area contributed by atoms with Gasteiger partial charge in [0.25, 0.3) is 21.9 Å². The van der Waals surface area contributed by atoms with E-state index in [0.29, 0.717) is 28.6 Å². The van der Waals surface area contributed by atoms with Crippen LogP contribution in [0.25, 0.3) is 11.3 Å². The molecule has 0 aromatic heterocycles. The van der Waals surface area contributed by atoms with Crippen LogP contribution in [-0.2, 0) is 20.3 Å². The van der Waals surface area contributed by atoms with Crippen LogP contribution < -0.4 is 15.5 Å². The molecule has 1 heterocycles. The third-order valence-electron chi connectivity index (χ3n) is 7.34. The largest absolute Gasteiger partial charge is 0.440 e. The van der Waals surface area contributed by atoms with E-state index in [1.165, 1.54) is 0 Å². The molecule has 1 aliphatic carbocycles. The lowest BCUT2D eigenvalue weighted by Crippen LogP contribution is -2.35. The van der Waals surface area contributed by atoms with Crippen molar-refractivity contribution < 1.29 is 27.0 Å². The molecule has 3 aromatic carbocycles. The van der Waals surface area contributed by atoms with Gasteiger partial charge in [-0.15, -0.1) is 0 Å². The van der Waals surface area contributed by atoms with Crippen LogP contribution in [0.4, 0.5) is 17.3 Å². The normalized spacial score (nSPS) is 12.4. The molecule has 45 heavy (non-hydrogen) atoms. The molecule has 0 spiro atoms. The molecule has 1 atom stereocenters. The standard InChI is InChI=1S/C35H35N3O6S/c1-35(2,3)27-17-12-25(13-18-27)32(37-28-19-14-26(15-20-28)33(39)36-22-23-45(41,42)43)34(40)38(29-9-5-4-6-10-29)31-21-16-24-8-7-11-30(24)44-31/h4-21,32,37H,22-23H2,1-3H3,(H,36,39)(H,41,42,43). The quantitative estimate of drug-likeness (QED) is 0.145. The van der Waals surface area contributed by atoms with Crippen LogP contribution in [0.1, 0.15) is 48.3 Å². The molecular weight excluding hydrogens is 590 g/mol. The molecular formula is C35H35N3O6S. The van der Waals surface area contributed by atoms with Crippen molar-refractivity contribution >= 4 is 39.2 Å².